The molecule has 2 aromatic heterocycles. The monoisotopic (exact) mass is 268 g/mol. The fourth-order valence-corrected chi connectivity index (χ4v) is 1.86. The zero-order valence-electron chi connectivity index (χ0n) is 9.84. The average Bonchev–Trinajstić information content (AvgIpc) is 2.86. The van der Waals surface area contributed by atoms with Gasteiger partial charge in [0.1, 0.15) is 11.5 Å². The molecule has 5 nitrogen and oxygen atoms in total. The summed E-state index contributed by atoms with van der Waals surface area (Å²) in [5.41, 5.74) is 6.37. The maximum Gasteiger partial charge on any atom is 0.243 e. The molecule has 0 unspecified atom stereocenters. The van der Waals surface area contributed by atoms with Crippen molar-refractivity contribution in [2.45, 2.75) is 12.5 Å². The Labute approximate surface area is 108 Å². The van der Waals surface area contributed by atoms with Crippen molar-refractivity contribution in [1.82, 2.24) is 15.1 Å². The zero-order valence-corrected chi connectivity index (χ0v) is 10.7. The van der Waals surface area contributed by atoms with Crippen molar-refractivity contribution in [3.8, 4) is 11.5 Å². The summed E-state index contributed by atoms with van der Waals surface area (Å²) in [5, 5.41) is 3.79. The van der Waals surface area contributed by atoms with Gasteiger partial charge in [0.2, 0.25) is 11.7 Å². The topological polar surface area (TPSA) is 77.8 Å². The van der Waals surface area contributed by atoms with Crippen molar-refractivity contribution in [1.29, 1.82) is 0 Å². The van der Waals surface area contributed by atoms with E-state index in [4.69, 9.17) is 10.3 Å². The number of hydrogen-bond donors (Lipinski definition) is 1. The molecule has 2 rings (SSSR count). The lowest BCUT2D eigenvalue weighted by molar-refractivity contribution is 0.353. The van der Waals surface area contributed by atoms with E-state index in [1.54, 1.807) is 11.8 Å². The van der Waals surface area contributed by atoms with Crippen LogP contribution in [0.2, 0.25) is 0 Å². The highest BCUT2D eigenvalue weighted by Gasteiger charge is 2.15. The normalized spacial score (nSPS) is 12.6. The summed E-state index contributed by atoms with van der Waals surface area (Å²) in [6.07, 6.45) is 3.88. The summed E-state index contributed by atoms with van der Waals surface area (Å²) in [6, 6.07) is 2.52. The summed E-state index contributed by atoms with van der Waals surface area (Å²) in [7, 11) is 0. The Morgan fingerprint density at radius 3 is 3.00 bits per heavy atom. The molecular formula is C11H13FN4OS. The van der Waals surface area contributed by atoms with Crippen molar-refractivity contribution in [3.05, 3.63) is 30.0 Å². The lowest BCUT2D eigenvalue weighted by Crippen LogP contribution is -2.11. The maximum absolute atomic E-state index is 12.7. The molecule has 0 radical (unpaired) electrons. The van der Waals surface area contributed by atoms with Gasteiger partial charge in [-0.25, -0.2) is 9.37 Å². The van der Waals surface area contributed by atoms with E-state index < -0.39 is 5.82 Å². The second-order valence-corrected chi connectivity index (χ2v) is 4.69. The second-order valence-electron chi connectivity index (χ2n) is 3.71. The number of hydrogen-bond acceptors (Lipinski definition) is 6. The number of nitrogens with two attached hydrogens (primary N) is 1. The highest BCUT2D eigenvalue weighted by atomic mass is 32.2. The van der Waals surface area contributed by atoms with Gasteiger partial charge in [-0.3, -0.25) is 0 Å². The van der Waals surface area contributed by atoms with Gasteiger partial charge in [-0.1, -0.05) is 5.16 Å². The van der Waals surface area contributed by atoms with Crippen LogP contribution in [0.3, 0.4) is 0 Å². The van der Waals surface area contributed by atoms with Gasteiger partial charge >= 0.3 is 0 Å². The van der Waals surface area contributed by atoms with E-state index in [1.807, 2.05) is 6.26 Å². The Morgan fingerprint density at radius 2 is 2.33 bits per heavy atom. The Balaban J connectivity index is 2.12. The van der Waals surface area contributed by atoms with Crippen LogP contribution >= 0.6 is 11.8 Å². The van der Waals surface area contributed by atoms with E-state index in [0.29, 0.717) is 17.4 Å². The SMILES string of the molecule is CSCC[C@@H](N)c1nc(-c2ccc(F)cn2)no1. The Hall–Kier alpha value is -1.47. The van der Waals surface area contributed by atoms with Crippen LogP contribution < -0.4 is 5.73 Å². The fourth-order valence-electron chi connectivity index (χ4n) is 1.37. The molecule has 0 fully saturated rings. The van der Waals surface area contributed by atoms with E-state index in [-0.39, 0.29) is 6.04 Å². The van der Waals surface area contributed by atoms with Gasteiger partial charge in [0.05, 0.1) is 12.2 Å². The molecule has 18 heavy (non-hydrogen) atoms. The van der Waals surface area contributed by atoms with Crippen LogP contribution in [0.15, 0.2) is 22.9 Å². The first kappa shape index (κ1) is 13.0. The molecule has 2 aromatic rings. The molecule has 0 bridgehead atoms. The summed E-state index contributed by atoms with van der Waals surface area (Å²) in [6.45, 7) is 0. The third-order valence-electron chi connectivity index (χ3n) is 2.35. The first-order valence-corrected chi connectivity index (χ1v) is 6.80. The van der Waals surface area contributed by atoms with Gasteiger partial charge in [0, 0.05) is 0 Å². The number of aromatic nitrogens is 3. The molecule has 0 spiro atoms. The largest absolute Gasteiger partial charge is 0.337 e. The smallest absolute Gasteiger partial charge is 0.243 e. The van der Waals surface area contributed by atoms with Gasteiger partial charge in [-0.05, 0) is 30.6 Å². The van der Waals surface area contributed by atoms with Crippen molar-refractivity contribution in [2.75, 3.05) is 12.0 Å². The van der Waals surface area contributed by atoms with Gasteiger partial charge < -0.3 is 10.3 Å². The quantitative estimate of drug-likeness (QED) is 0.894. The minimum Gasteiger partial charge on any atom is -0.337 e. The Morgan fingerprint density at radius 1 is 1.50 bits per heavy atom. The molecular weight excluding hydrogens is 255 g/mol. The van der Waals surface area contributed by atoms with Crippen LogP contribution in [0.1, 0.15) is 18.4 Å². The number of pyridine rings is 1. The molecule has 0 aromatic carbocycles. The molecule has 2 N–H and O–H groups in total. The number of rotatable bonds is 5. The molecule has 96 valence electrons. The average molecular weight is 268 g/mol. The third-order valence-corrected chi connectivity index (χ3v) is 2.99. The highest BCUT2D eigenvalue weighted by molar-refractivity contribution is 7.98. The zero-order chi connectivity index (χ0) is 13.0. The molecule has 0 amide bonds. The van der Waals surface area contributed by atoms with E-state index in [2.05, 4.69) is 15.1 Å². The number of thioether (sulfide) groups is 1. The molecule has 2 heterocycles. The first-order chi connectivity index (χ1) is 8.70. The number of nitrogens with zero attached hydrogens (tertiary/aromatic N) is 3. The Kier molecular flexibility index (Phi) is 4.27. The highest BCUT2D eigenvalue weighted by Crippen LogP contribution is 2.18. The first-order valence-electron chi connectivity index (χ1n) is 5.40. The van der Waals surface area contributed by atoms with E-state index in [1.165, 1.54) is 12.1 Å². The van der Waals surface area contributed by atoms with Gasteiger partial charge in [0.15, 0.2) is 0 Å². The lowest BCUT2D eigenvalue weighted by atomic mass is 10.2. The summed E-state index contributed by atoms with van der Waals surface area (Å²) in [5.74, 6) is 1.22. The standard InChI is InChI=1S/C11H13FN4OS/c1-18-5-4-8(13)11-15-10(16-17-11)9-3-2-7(12)6-14-9/h2-3,6,8H,4-5,13H2,1H3/t8-/m1/s1. The molecule has 7 heteroatoms. The summed E-state index contributed by atoms with van der Waals surface area (Å²) >= 11 is 1.71. The van der Waals surface area contributed by atoms with Crippen molar-refractivity contribution < 1.29 is 8.91 Å². The van der Waals surface area contributed by atoms with E-state index >= 15 is 0 Å². The molecule has 0 aliphatic heterocycles. The van der Waals surface area contributed by atoms with Crippen LogP contribution in [0.25, 0.3) is 11.5 Å². The minimum atomic E-state index is -0.404. The van der Waals surface area contributed by atoms with Crippen molar-refractivity contribution in [2.24, 2.45) is 5.73 Å². The van der Waals surface area contributed by atoms with Crippen molar-refractivity contribution >= 4 is 11.8 Å². The second kappa shape index (κ2) is 5.92. The van der Waals surface area contributed by atoms with Crippen LogP contribution in [0.5, 0.6) is 0 Å². The summed E-state index contributed by atoms with van der Waals surface area (Å²) in [4.78, 5) is 8.04. The lowest BCUT2D eigenvalue weighted by Gasteiger charge is -2.03. The third kappa shape index (κ3) is 3.05. The van der Waals surface area contributed by atoms with Crippen LogP contribution in [0, 0.1) is 5.82 Å². The van der Waals surface area contributed by atoms with Crippen molar-refractivity contribution in [3.63, 3.8) is 0 Å². The molecule has 0 aliphatic carbocycles. The Bertz CT molecular complexity index is 502. The predicted octanol–water partition coefficient (Wildman–Crippen LogP) is 2.02. The molecule has 0 saturated carbocycles. The molecule has 1 atom stereocenters. The molecule has 0 saturated heterocycles. The fraction of sp³-hybridized carbons (Fsp3) is 0.364. The van der Waals surface area contributed by atoms with Gasteiger partial charge in [0.25, 0.3) is 0 Å². The predicted molar refractivity (Wildman–Crippen MR) is 67.4 cm³/mol. The van der Waals surface area contributed by atoms with E-state index in [0.717, 1.165) is 18.4 Å². The minimum absolute atomic E-state index is 0.279. The number of halogens is 1. The van der Waals surface area contributed by atoms with Crippen LogP contribution in [-0.4, -0.2) is 27.1 Å². The molecule has 0 aliphatic rings. The van der Waals surface area contributed by atoms with Gasteiger partial charge in [-0.15, -0.1) is 0 Å². The summed E-state index contributed by atoms with van der Waals surface area (Å²) < 4.78 is 17.8. The van der Waals surface area contributed by atoms with Gasteiger partial charge in [-0.2, -0.15) is 16.7 Å². The maximum atomic E-state index is 12.7. The van der Waals surface area contributed by atoms with Crippen LogP contribution in [0.4, 0.5) is 4.39 Å². The van der Waals surface area contributed by atoms with E-state index in [9.17, 15) is 4.39 Å². The van der Waals surface area contributed by atoms with Crippen LogP contribution in [-0.2, 0) is 0 Å².